The predicted octanol–water partition coefficient (Wildman–Crippen LogP) is 1.50. The van der Waals surface area contributed by atoms with Crippen molar-refractivity contribution in [3.8, 4) is 5.75 Å². The lowest BCUT2D eigenvalue weighted by Gasteiger charge is -2.36. The summed E-state index contributed by atoms with van der Waals surface area (Å²) in [6.45, 7) is 2.75. The SMILES string of the molecule is COc1cc(F)ccc1C1CCN(C(C)=O)CC1N. The number of benzene rings is 1. The van der Waals surface area contributed by atoms with E-state index in [0.29, 0.717) is 18.8 Å². The van der Waals surface area contributed by atoms with Gasteiger partial charge >= 0.3 is 0 Å². The smallest absolute Gasteiger partial charge is 0.219 e. The summed E-state index contributed by atoms with van der Waals surface area (Å²) in [7, 11) is 1.52. The highest BCUT2D eigenvalue weighted by Crippen LogP contribution is 2.34. The Morgan fingerprint density at radius 3 is 2.84 bits per heavy atom. The van der Waals surface area contributed by atoms with Gasteiger partial charge in [-0.3, -0.25) is 4.79 Å². The van der Waals surface area contributed by atoms with Crippen molar-refractivity contribution in [2.75, 3.05) is 20.2 Å². The predicted molar refractivity (Wildman–Crippen MR) is 70.5 cm³/mol. The number of hydrogen-bond donors (Lipinski definition) is 1. The summed E-state index contributed by atoms with van der Waals surface area (Å²) in [6.07, 6.45) is 0.767. The Bertz CT molecular complexity index is 479. The van der Waals surface area contributed by atoms with Crippen LogP contribution in [0.25, 0.3) is 0 Å². The molecule has 0 bridgehead atoms. The molecule has 1 aliphatic rings. The minimum atomic E-state index is -0.324. The molecule has 2 N–H and O–H groups in total. The Hall–Kier alpha value is -1.62. The van der Waals surface area contributed by atoms with Crippen LogP contribution in [0.4, 0.5) is 4.39 Å². The van der Waals surface area contributed by atoms with Gasteiger partial charge in [-0.2, -0.15) is 0 Å². The van der Waals surface area contributed by atoms with E-state index in [-0.39, 0.29) is 23.7 Å². The third kappa shape index (κ3) is 2.87. The molecule has 1 fully saturated rings. The second-order valence-electron chi connectivity index (χ2n) is 4.91. The number of methoxy groups -OCH3 is 1. The average molecular weight is 266 g/mol. The van der Waals surface area contributed by atoms with Crippen LogP contribution >= 0.6 is 0 Å². The Morgan fingerprint density at radius 1 is 1.53 bits per heavy atom. The largest absolute Gasteiger partial charge is 0.496 e. The van der Waals surface area contributed by atoms with Gasteiger partial charge in [-0.05, 0) is 18.1 Å². The monoisotopic (exact) mass is 266 g/mol. The molecule has 1 amide bonds. The number of carbonyl (C=O) groups excluding carboxylic acids is 1. The third-order valence-corrected chi connectivity index (χ3v) is 3.70. The first-order valence-corrected chi connectivity index (χ1v) is 6.37. The number of rotatable bonds is 2. The maximum Gasteiger partial charge on any atom is 0.219 e. The summed E-state index contributed by atoms with van der Waals surface area (Å²) >= 11 is 0. The van der Waals surface area contributed by atoms with Gasteiger partial charge in [0, 0.05) is 38.0 Å². The van der Waals surface area contributed by atoms with Crippen molar-refractivity contribution in [1.29, 1.82) is 0 Å². The molecule has 2 rings (SSSR count). The van der Waals surface area contributed by atoms with Crippen LogP contribution in [0.3, 0.4) is 0 Å². The molecule has 5 heteroatoms. The second kappa shape index (κ2) is 5.57. The summed E-state index contributed by atoms with van der Waals surface area (Å²) in [5, 5.41) is 0. The third-order valence-electron chi connectivity index (χ3n) is 3.70. The summed E-state index contributed by atoms with van der Waals surface area (Å²) < 4.78 is 18.4. The molecule has 1 heterocycles. The number of halogens is 1. The molecule has 1 saturated heterocycles. The van der Waals surface area contributed by atoms with Gasteiger partial charge in [0.1, 0.15) is 11.6 Å². The first-order chi connectivity index (χ1) is 9.02. The van der Waals surface area contributed by atoms with Gasteiger partial charge in [0.05, 0.1) is 7.11 Å². The molecule has 0 spiro atoms. The number of amides is 1. The van der Waals surface area contributed by atoms with Crippen molar-refractivity contribution in [2.45, 2.75) is 25.3 Å². The molecule has 104 valence electrons. The first-order valence-electron chi connectivity index (χ1n) is 6.37. The summed E-state index contributed by atoms with van der Waals surface area (Å²) in [6, 6.07) is 4.36. The number of hydrogen-bond acceptors (Lipinski definition) is 3. The fraction of sp³-hybridized carbons (Fsp3) is 0.500. The second-order valence-corrected chi connectivity index (χ2v) is 4.91. The summed E-state index contributed by atoms with van der Waals surface area (Å²) in [4.78, 5) is 13.1. The molecule has 2 atom stereocenters. The average Bonchev–Trinajstić information content (AvgIpc) is 2.38. The van der Waals surface area contributed by atoms with E-state index < -0.39 is 0 Å². The lowest BCUT2D eigenvalue weighted by molar-refractivity contribution is -0.130. The first kappa shape index (κ1) is 13.8. The number of ether oxygens (including phenoxy) is 1. The maximum absolute atomic E-state index is 13.2. The van der Waals surface area contributed by atoms with Crippen LogP contribution in [0.1, 0.15) is 24.8 Å². The Kier molecular flexibility index (Phi) is 4.04. The number of nitrogens with zero attached hydrogens (tertiary/aromatic N) is 1. The zero-order valence-corrected chi connectivity index (χ0v) is 11.2. The van der Waals surface area contributed by atoms with E-state index in [0.717, 1.165) is 12.0 Å². The molecular formula is C14H19FN2O2. The van der Waals surface area contributed by atoms with Crippen LogP contribution < -0.4 is 10.5 Å². The lowest BCUT2D eigenvalue weighted by atomic mass is 9.85. The van der Waals surface area contributed by atoms with Crippen LogP contribution in [0.5, 0.6) is 5.75 Å². The molecule has 0 aliphatic carbocycles. The maximum atomic E-state index is 13.2. The summed E-state index contributed by atoms with van der Waals surface area (Å²) in [5.41, 5.74) is 7.07. The van der Waals surface area contributed by atoms with E-state index in [2.05, 4.69) is 0 Å². The molecular weight excluding hydrogens is 247 g/mol. The fourth-order valence-electron chi connectivity index (χ4n) is 2.65. The molecule has 0 saturated carbocycles. The molecule has 2 unspecified atom stereocenters. The van der Waals surface area contributed by atoms with Crippen LogP contribution in [0.15, 0.2) is 18.2 Å². The van der Waals surface area contributed by atoms with Crippen LogP contribution in [-0.4, -0.2) is 37.0 Å². The fourth-order valence-corrected chi connectivity index (χ4v) is 2.65. The van der Waals surface area contributed by atoms with E-state index in [1.54, 1.807) is 17.9 Å². The molecule has 1 aliphatic heterocycles. The topological polar surface area (TPSA) is 55.6 Å². The number of nitrogens with two attached hydrogens (primary N) is 1. The van der Waals surface area contributed by atoms with Crippen molar-refractivity contribution in [3.63, 3.8) is 0 Å². The zero-order chi connectivity index (χ0) is 14.0. The Balaban J connectivity index is 2.21. The van der Waals surface area contributed by atoms with Crippen molar-refractivity contribution >= 4 is 5.91 Å². The minimum absolute atomic E-state index is 0.0416. The van der Waals surface area contributed by atoms with Crippen LogP contribution in [-0.2, 0) is 4.79 Å². The standard InChI is InChI=1S/C14H19FN2O2/c1-9(18)17-6-5-11(13(16)8-17)12-4-3-10(15)7-14(12)19-2/h3-4,7,11,13H,5-6,8,16H2,1-2H3. The highest BCUT2D eigenvalue weighted by atomic mass is 19.1. The lowest BCUT2D eigenvalue weighted by Crippen LogP contribution is -2.49. The van der Waals surface area contributed by atoms with E-state index in [4.69, 9.17) is 10.5 Å². The molecule has 19 heavy (non-hydrogen) atoms. The zero-order valence-electron chi connectivity index (χ0n) is 11.2. The highest BCUT2D eigenvalue weighted by molar-refractivity contribution is 5.73. The van der Waals surface area contributed by atoms with E-state index in [9.17, 15) is 9.18 Å². The van der Waals surface area contributed by atoms with Gasteiger partial charge in [-0.25, -0.2) is 4.39 Å². The van der Waals surface area contributed by atoms with Gasteiger partial charge in [-0.1, -0.05) is 6.07 Å². The van der Waals surface area contributed by atoms with Gasteiger partial charge in [0.15, 0.2) is 0 Å². The van der Waals surface area contributed by atoms with Crippen molar-refractivity contribution in [1.82, 2.24) is 4.90 Å². The quantitative estimate of drug-likeness (QED) is 0.882. The summed E-state index contributed by atoms with van der Waals surface area (Å²) in [5.74, 6) is 0.332. The van der Waals surface area contributed by atoms with Crippen molar-refractivity contribution < 1.29 is 13.9 Å². The van der Waals surface area contributed by atoms with E-state index >= 15 is 0 Å². The van der Waals surface area contributed by atoms with E-state index in [1.807, 2.05) is 0 Å². The molecule has 0 radical (unpaired) electrons. The van der Waals surface area contributed by atoms with Gasteiger partial charge in [-0.15, -0.1) is 0 Å². The molecule has 0 aromatic heterocycles. The van der Waals surface area contributed by atoms with Gasteiger partial charge in [0.2, 0.25) is 5.91 Å². The van der Waals surface area contributed by atoms with Gasteiger partial charge in [0.25, 0.3) is 0 Å². The Morgan fingerprint density at radius 2 is 2.26 bits per heavy atom. The van der Waals surface area contributed by atoms with Crippen LogP contribution in [0.2, 0.25) is 0 Å². The minimum Gasteiger partial charge on any atom is -0.496 e. The molecule has 4 nitrogen and oxygen atoms in total. The Labute approximate surface area is 112 Å². The molecule has 1 aromatic carbocycles. The number of carbonyl (C=O) groups is 1. The van der Waals surface area contributed by atoms with Crippen molar-refractivity contribution in [3.05, 3.63) is 29.6 Å². The van der Waals surface area contributed by atoms with Crippen LogP contribution in [0, 0.1) is 5.82 Å². The van der Waals surface area contributed by atoms with E-state index in [1.165, 1.54) is 19.2 Å². The van der Waals surface area contributed by atoms with Gasteiger partial charge < -0.3 is 15.4 Å². The normalized spacial score (nSPS) is 23.3. The molecule has 1 aromatic rings. The number of piperidine rings is 1. The van der Waals surface area contributed by atoms with Crippen molar-refractivity contribution in [2.24, 2.45) is 5.73 Å². The highest BCUT2D eigenvalue weighted by Gasteiger charge is 2.30. The number of likely N-dealkylation sites (tertiary alicyclic amines) is 1.